The molecule has 7 heteroatoms. The minimum absolute atomic E-state index is 0.0260. The number of nitrogens with zero attached hydrogens (tertiary/aromatic N) is 1. The zero-order valence-electron chi connectivity index (χ0n) is 15.1. The van der Waals surface area contributed by atoms with Crippen LogP contribution in [0.3, 0.4) is 0 Å². The molecule has 3 amide bonds. The number of nitrogens with one attached hydrogen (secondary N) is 1. The maximum atomic E-state index is 13.7. The lowest BCUT2D eigenvalue weighted by molar-refractivity contribution is -0.113. The smallest absolute Gasteiger partial charge is 0.266 e. The number of carbonyl (C=O) groups excluding carboxylic acids is 3. The van der Waals surface area contributed by atoms with Gasteiger partial charge in [-0.25, -0.2) is 9.29 Å². The molecule has 1 aliphatic heterocycles. The third-order valence-corrected chi connectivity index (χ3v) is 5.43. The fourth-order valence-electron chi connectivity index (χ4n) is 3.05. The van der Waals surface area contributed by atoms with Crippen molar-refractivity contribution in [2.45, 2.75) is 4.90 Å². The van der Waals surface area contributed by atoms with E-state index in [1.54, 1.807) is 66.7 Å². The second-order valence-corrected chi connectivity index (χ2v) is 7.33. The molecule has 1 heterocycles. The Morgan fingerprint density at radius 3 is 2.24 bits per heavy atom. The molecule has 29 heavy (non-hydrogen) atoms. The number of hydrogen-bond acceptors (Lipinski definition) is 4. The maximum Gasteiger partial charge on any atom is 0.266 e. The summed E-state index contributed by atoms with van der Waals surface area (Å²) in [5, 5.41) is 2.71. The van der Waals surface area contributed by atoms with Crippen molar-refractivity contribution in [2.75, 3.05) is 16.0 Å². The van der Waals surface area contributed by atoms with Crippen LogP contribution in [0.5, 0.6) is 0 Å². The topological polar surface area (TPSA) is 66.5 Å². The van der Waals surface area contributed by atoms with Crippen molar-refractivity contribution in [3.63, 3.8) is 0 Å². The first-order chi connectivity index (χ1) is 14.0. The van der Waals surface area contributed by atoms with Crippen LogP contribution < -0.4 is 10.2 Å². The fraction of sp³-hybridized carbons (Fsp3) is 0.0455. The van der Waals surface area contributed by atoms with Crippen molar-refractivity contribution in [2.24, 2.45) is 0 Å². The molecule has 3 aromatic carbocycles. The predicted octanol–water partition coefficient (Wildman–Crippen LogP) is 4.36. The van der Waals surface area contributed by atoms with Gasteiger partial charge in [-0.1, -0.05) is 30.3 Å². The molecule has 1 aliphatic rings. The Morgan fingerprint density at radius 1 is 0.897 bits per heavy atom. The summed E-state index contributed by atoms with van der Waals surface area (Å²) < 4.78 is 13.7. The number of amides is 3. The first-order valence-electron chi connectivity index (χ1n) is 8.79. The summed E-state index contributed by atoms with van der Waals surface area (Å²) in [5.41, 5.74) is 1.52. The van der Waals surface area contributed by atoms with Crippen molar-refractivity contribution in [1.29, 1.82) is 0 Å². The van der Waals surface area contributed by atoms with Gasteiger partial charge in [0.05, 0.1) is 22.6 Å². The summed E-state index contributed by atoms with van der Waals surface area (Å²) in [5.74, 6) is -1.47. The summed E-state index contributed by atoms with van der Waals surface area (Å²) >= 11 is 1.09. The second kappa shape index (κ2) is 7.89. The van der Waals surface area contributed by atoms with E-state index >= 15 is 0 Å². The van der Waals surface area contributed by atoms with Crippen molar-refractivity contribution >= 4 is 40.9 Å². The zero-order valence-corrected chi connectivity index (χ0v) is 15.9. The third kappa shape index (κ3) is 3.77. The second-order valence-electron chi connectivity index (χ2n) is 6.31. The van der Waals surface area contributed by atoms with Gasteiger partial charge in [0, 0.05) is 10.6 Å². The normalized spacial score (nSPS) is 12.8. The zero-order chi connectivity index (χ0) is 20.4. The molecule has 144 valence electrons. The minimum Gasteiger partial charge on any atom is -0.325 e. The first kappa shape index (κ1) is 18.9. The van der Waals surface area contributed by atoms with E-state index in [0.29, 0.717) is 27.4 Å². The highest BCUT2D eigenvalue weighted by Crippen LogP contribution is 2.30. The lowest BCUT2D eigenvalue weighted by atomic mass is 10.1. The molecule has 0 atom stereocenters. The number of halogens is 1. The number of imide groups is 1. The molecular formula is C22H15FN2O3S. The van der Waals surface area contributed by atoms with Crippen LogP contribution >= 0.6 is 11.8 Å². The average molecular weight is 406 g/mol. The number of carbonyl (C=O) groups is 3. The Labute approximate surface area is 170 Å². The monoisotopic (exact) mass is 406 g/mol. The molecule has 5 nitrogen and oxygen atoms in total. The Hall–Kier alpha value is -3.45. The van der Waals surface area contributed by atoms with Crippen molar-refractivity contribution < 1.29 is 18.8 Å². The number of anilines is 2. The van der Waals surface area contributed by atoms with Crippen LogP contribution in [0.25, 0.3) is 0 Å². The SMILES string of the molecule is O=C(CSc1ccccc1F)Nc1cccc(N2C(=O)c3ccccc3C2=O)c1. The van der Waals surface area contributed by atoms with Gasteiger partial charge in [-0.15, -0.1) is 11.8 Å². The van der Waals surface area contributed by atoms with Crippen LogP contribution in [0, 0.1) is 5.82 Å². The van der Waals surface area contributed by atoms with E-state index in [1.165, 1.54) is 6.07 Å². The molecule has 0 saturated carbocycles. The van der Waals surface area contributed by atoms with Gasteiger partial charge >= 0.3 is 0 Å². The van der Waals surface area contributed by atoms with Crippen LogP contribution in [0.2, 0.25) is 0 Å². The molecular weight excluding hydrogens is 391 g/mol. The summed E-state index contributed by atoms with van der Waals surface area (Å²) in [7, 11) is 0. The summed E-state index contributed by atoms with van der Waals surface area (Å²) in [4.78, 5) is 38.9. The Morgan fingerprint density at radius 2 is 1.55 bits per heavy atom. The Bertz CT molecular complexity index is 1100. The van der Waals surface area contributed by atoms with Crippen LogP contribution in [-0.2, 0) is 4.79 Å². The molecule has 0 bridgehead atoms. The van der Waals surface area contributed by atoms with E-state index in [1.807, 2.05) is 0 Å². The maximum absolute atomic E-state index is 13.7. The highest BCUT2D eigenvalue weighted by molar-refractivity contribution is 8.00. The number of fused-ring (bicyclic) bond motifs is 1. The number of hydrogen-bond donors (Lipinski definition) is 1. The van der Waals surface area contributed by atoms with E-state index in [2.05, 4.69) is 5.32 Å². The van der Waals surface area contributed by atoms with Crippen LogP contribution in [0.4, 0.5) is 15.8 Å². The van der Waals surface area contributed by atoms with Gasteiger partial charge in [-0.2, -0.15) is 0 Å². The van der Waals surface area contributed by atoms with Crippen LogP contribution in [0.15, 0.2) is 77.7 Å². The number of rotatable bonds is 5. The van der Waals surface area contributed by atoms with Crippen LogP contribution in [-0.4, -0.2) is 23.5 Å². The third-order valence-electron chi connectivity index (χ3n) is 4.38. The van der Waals surface area contributed by atoms with Crippen LogP contribution in [0.1, 0.15) is 20.7 Å². The quantitative estimate of drug-likeness (QED) is 0.505. The van der Waals surface area contributed by atoms with Crippen molar-refractivity contribution in [3.8, 4) is 0 Å². The van der Waals surface area contributed by atoms with Gasteiger partial charge in [0.2, 0.25) is 5.91 Å². The summed E-state index contributed by atoms with van der Waals surface area (Å²) in [6.07, 6.45) is 0. The lowest BCUT2D eigenvalue weighted by Crippen LogP contribution is -2.29. The van der Waals surface area contributed by atoms with E-state index in [4.69, 9.17) is 0 Å². The Balaban J connectivity index is 1.47. The molecule has 0 aromatic heterocycles. The molecule has 3 aromatic rings. The molecule has 4 rings (SSSR count). The molecule has 1 N–H and O–H groups in total. The highest BCUT2D eigenvalue weighted by atomic mass is 32.2. The molecule has 0 radical (unpaired) electrons. The Kier molecular flexibility index (Phi) is 5.14. The van der Waals surface area contributed by atoms with Gasteiger partial charge in [-0.05, 0) is 42.5 Å². The number of thioether (sulfide) groups is 1. The highest BCUT2D eigenvalue weighted by Gasteiger charge is 2.36. The van der Waals surface area contributed by atoms with Gasteiger partial charge < -0.3 is 5.32 Å². The van der Waals surface area contributed by atoms with Crippen molar-refractivity contribution in [3.05, 3.63) is 89.7 Å². The average Bonchev–Trinajstić information content (AvgIpc) is 2.98. The molecule has 0 saturated heterocycles. The fourth-order valence-corrected chi connectivity index (χ4v) is 3.79. The summed E-state index contributed by atoms with van der Waals surface area (Å²) in [6.45, 7) is 0. The standard InChI is InChI=1S/C22H15FN2O3S/c23-18-10-3-4-11-19(18)29-13-20(26)24-14-6-5-7-15(12-14)25-21(27)16-8-1-2-9-17(16)22(25)28/h1-12H,13H2,(H,24,26). The lowest BCUT2D eigenvalue weighted by Gasteiger charge is -2.15. The van der Waals surface area contributed by atoms with Crippen molar-refractivity contribution in [1.82, 2.24) is 0 Å². The minimum atomic E-state index is -0.399. The predicted molar refractivity (Wildman–Crippen MR) is 110 cm³/mol. The molecule has 0 fully saturated rings. The summed E-state index contributed by atoms with van der Waals surface area (Å²) in [6, 6.07) is 19.4. The first-order valence-corrected chi connectivity index (χ1v) is 9.78. The van der Waals surface area contributed by atoms with Gasteiger partial charge in [0.1, 0.15) is 5.82 Å². The molecule has 0 aliphatic carbocycles. The molecule has 0 unspecified atom stereocenters. The van der Waals surface area contributed by atoms with E-state index in [0.717, 1.165) is 16.7 Å². The van der Waals surface area contributed by atoms with Gasteiger partial charge in [0.25, 0.3) is 11.8 Å². The van der Waals surface area contributed by atoms with E-state index in [-0.39, 0.29) is 17.5 Å². The van der Waals surface area contributed by atoms with E-state index < -0.39 is 11.8 Å². The molecule has 0 spiro atoms. The van der Waals surface area contributed by atoms with Gasteiger partial charge in [-0.3, -0.25) is 14.4 Å². The number of benzene rings is 3. The largest absolute Gasteiger partial charge is 0.325 e. The van der Waals surface area contributed by atoms with E-state index in [9.17, 15) is 18.8 Å². The van der Waals surface area contributed by atoms with Gasteiger partial charge in [0.15, 0.2) is 0 Å².